The van der Waals surface area contributed by atoms with Crippen LogP contribution in [0.3, 0.4) is 0 Å². The molecular weight excluding hydrogens is 350 g/mol. The Morgan fingerprint density at radius 2 is 1.79 bits per heavy atom. The molecule has 28 heavy (non-hydrogen) atoms. The lowest BCUT2D eigenvalue weighted by atomic mass is 9.95. The molecule has 4 rings (SSSR count). The number of fused-ring (bicyclic) bond motifs is 1. The number of aldehydes is 1. The highest BCUT2D eigenvalue weighted by Gasteiger charge is 2.13. The van der Waals surface area contributed by atoms with Gasteiger partial charge in [-0.2, -0.15) is 0 Å². The Labute approximate surface area is 164 Å². The maximum atomic E-state index is 10.9. The zero-order chi connectivity index (χ0) is 19.5. The summed E-state index contributed by atoms with van der Waals surface area (Å²) >= 11 is 0. The molecule has 0 spiro atoms. The van der Waals surface area contributed by atoms with Gasteiger partial charge in [0.15, 0.2) is 17.8 Å². The van der Waals surface area contributed by atoms with Crippen molar-refractivity contribution in [1.29, 1.82) is 0 Å². The quantitative estimate of drug-likeness (QED) is 0.597. The van der Waals surface area contributed by atoms with Gasteiger partial charge in [0.1, 0.15) is 13.2 Å². The third-order valence-corrected chi connectivity index (χ3v) is 4.93. The van der Waals surface area contributed by atoms with Crippen LogP contribution < -0.4 is 9.47 Å². The molecule has 0 saturated heterocycles. The van der Waals surface area contributed by atoms with Gasteiger partial charge in [-0.25, -0.2) is 0 Å². The molecule has 2 aromatic carbocycles. The van der Waals surface area contributed by atoms with Crippen LogP contribution in [-0.2, 0) is 0 Å². The van der Waals surface area contributed by atoms with E-state index in [1.165, 1.54) is 5.56 Å². The van der Waals surface area contributed by atoms with Crippen molar-refractivity contribution in [2.45, 2.75) is 13.8 Å². The topological polar surface area (TPSA) is 48.4 Å². The molecule has 0 unspecified atom stereocenters. The number of aromatic nitrogens is 1. The summed E-state index contributed by atoms with van der Waals surface area (Å²) < 4.78 is 11.3. The smallest absolute Gasteiger partial charge is 0.161 e. The number of pyridine rings is 1. The zero-order valence-electron chi connectivity index (χ0n) is 15.9. The van der Waals surface area contributed by atoms with E-state index in [-0.39, 0.29) is 0 Å². The van der Waals surface area contributed by atoms with Crippen molar-refractivity contribution >= 4 is 18.4 Å². The molecular formula is C24H21NO3. The second-order valence-corrected chi connectivity index (χ2v) is 6.80. The van der Waals surface area contributed by atoms with E-state index < -0.39 is 0 Å². The van der Waals surface area contributed by atoms with Crippen LogP contribution in [0.5, 0.6) is 11.5 Å². The third kappa shape index (κ3) is 3.54. The molecule has 1 aliphatic rings. The molecule has 4 nitrogen and oxygen atoms in total. The number of carbonyl (C=O) groups is 1. The average molecular weight is 371 g/mol. The van der Waals surface area contributed by atoms with Crippen LogP contribution in [0.15, 0.2) is 48.7 Å². The Balaban J connectivity index is 1.66. The summed E-state index contributed by atoms with van der Waals surface area (Å²) in [6, 6.07) is 14.2. The molecule has 0 fully saturated rings. The van der Waals surface area contributed by atoms with Gasteiger partial charge in [-0.05, 0) is 65.9 Å². The number of benzene rings is 2. The molecule has 0 radical (unpaired) electrons. The molecule has 0 atom stereocenters. The fourth-order valence-electron chi connectivity index (χ4n) is 3.37. The first kappa shape index (κ1) is 18.0. The van der Waals surface area contributed by atoms with E-state index in [0.717, 1.165) is 45.7 Å². The van der Waals surface area contributed by atoms with Crippen molar-refractivity contribution in [3.63, 3.8) is 0 Å². The first-order chi connectivity index (χ1) is 13.7. The lowest BCUT2D eigenvalue weighted by Crippen LogP contribution is -2.15. The van der Waals surface area contributed by atoms with Gasteiger partial charge in [0.05, 0.1) is 5.69 Å². The molecule has 0 aliphatic carbocycles. The highest BCUT2D eigenvalue weighted by Crippen LogP contribution is 2.36. The second-order valence-electron chi connectivity index (χ2n) is 6.80. The van der Waals surface area contributed by atoms with Gasteiger partial charge in [0.25, 0.3) is 0 Å². The van der Waals surface area contributed by atoms with E-state index >= 15 is 0 Å². The van der Waals surface area contributed by atoms with Crippen LogP contribution in [0.25, 0.3) is 23.3 Å². The molecule has 2 heterocycles. The number of hydrogen-bond acceptors (Lipinski definition) is 4. The maximum Gasteiger partial charge on any atom is 0.161 e. The van der Waals surface area contributed by atoms with E-state index in [9.17, 15) is 4.79 Å². The van der Waals surface area contributed by atoms with E-state index in [1.807, 2.05) is 31.2 Å². The highest BCUT2D eigenvalue weighted by molar-refractivity contribution is 5.79. The van der Waals surface area contributed by atoms with Crippen LogP contribution in [0.4, 0.5) is 0 Å². The summed E-state index contributed by atoms with van der Waals surface area (Å²) in [5, 5.41) is 0. The summed E-state index contributed by atoms with van der Waals surface area (Å²) in [6.07, 6.45) is 6.46. The Hall–Kier alpha value is -3.40. The molecule has 3 aromatic rings. The first-order valence-corrected chi connectivity index (χ1v) is 9.25. The van der Waals surface area contributed by atoms with Gasteiger partial charge < -0.3 is 9.47 Å². The SMILES string of the molecule is Cc1cc(C=O)cnc1/C=C/c1cccc(-c2ccc3c(c2)OCCO3)c1C. The standard InChI is InChI=1S/C24H21NO3/c1-16-12-18(15-26)14-25-22(16)8-6-19-4-3-5-21(17(19)2)20-7-9-23-24(13-20)28-11-10-27-23/h3-9,12-15H,10-11H2,1-2H3/b8-6+. The van der Waals surface area contributed by atoms with E-state index in [2.05, 4.69) is 42.2 Å². The molecule has 0 N–H and O–H groups in total. The highest BCUT2D eigenvalue weighted by atomic mass is 16.6. The van der Waals surface area contributed by atoms with Gasteiger partial charge in [0.2, 0.25) is 0 Å². The van der Waals surface area contributed by atoms with Gasteiger partial charge in [-0.3, -0.25) is 9.78 Å². The van der Waals surface area contributed by atoms with Crippen molar-refractivity contribution in [2.75, 3.05) is 13.2 Å². The van der Waals surface area contributed by atoms with Gasteiger partial charge >= 0.3 is 0 Å². The molecule has 140 valence electrons. The van der Waals surface area contributed by atoms with E-state index in [1.54, 1.807) is 6.20 Å². The Kier molecular flexibility index (Phi) is 4.94. The normalized spacial score (nSPS) is 12.9. The van der Waals surface area contributed by atoms with Crippen molar-refractivity contribution in [3.8, 4) is 22.6 Å². The fraction of sp³-hybridized carbons (Fsp3) is 0.167. The van der Waals surface area contributed by atoms with E-state index in [4.69, 9.17) is 9.47 Å². The van der Waals surface area contributed by atoms with Crippen LogP contribution in [-0.4, -0.2) is 24.5 Å². The fourth-order valence-corrected chi connectivity index (χ4v) is 3.37. The number of rotatable bonds is 4. The predicted octanol–water partition coefficient (Wildman–Crippen LogP) is 5.12. The Morgan fingerprint density at radius 1 is 0.964 bits per heavy atom. The second kappa shape index (κ2) is 7.69. The van der Waals surface area contributed by atoms with Crippen molar-refractivity contribution in [3.05, 3.63) is 76.6 Å². The monoisotopic (exact) mass is 371 g/mol. The minimum absolute atomic E-state index is 0.577. The zero-order valence-corrected chi connectivity index (χ0v) is 15.9. The Bertz CT molecular complexity index is 1070. The number of carbonyl (C=O) groups excluding carboxylic acids is 1. The summed E-state index contributed by atoms with van der Waals surface area (Å²) in [4.78, 5) is 15.3. The summed E-state index contributed by atoms with van der Waals surface area (Å²) in [5.74, 6) is 1.59. The molecule has 0 saturated carbocycles. The lowest BCUT2D eigenvalue weighted by Gasteiger charge is -2.19. The van der Waals surface area contributed by atoms with Gasteiger partial charge in [-0.1, -0.05) is 30.3 Å². The first-order valence-electron chi connectivity index (χ1n) is 9.25. The lowest BCUT2D eigenvalue weighted by molar-refractivity contribution is 0.112. The van der Waals surface area contributed by atoms with Crippen molar-refractivity contribution in [2.24, 2.45) is 0 Å². The van der Waals surface area contributed by atoms with Gasteiger partial charge in [-0.15, -0.1) is 0 Å². The van der Waals surface area contributed by atoms with Crippen LogP contribution in [0.1, 0.15) is 32.7 Å². The molecule has 1 aliphatic heterocycles. The molecule has 1 aromatic heterocycles. The summed E-state index contributed by atoms with van der Waals surface area (Å²) in [7, 11) is 0. The average Bonchev–Trinajstić information content (AvgIpc) is 2.73. The maximum absolute atomic E-state index is 10.9. The third-order valence-electron chi connectivity index (χ3n) is 4.93. The van der Waals surface area contributed by atoms with Crippen LogP contribution >= 0.6 is 0 Å². The number of hydrogen-bond donors (Lipinski definition) is 0. The number of aryl methyl sites for hydroxylation is 1. The molecule has 0 amide bonds. The Morgan fingerprint density at radius 3 is 2.57 bits per heavy atom. The largest absolute Gasteiger partial charge is 0.486 e. The molecule has 4 heteroatoms. The van der Waals surface area contributed by atoms with Crippen molar-refractivity contribution in [1.82, 2.24) is 4.98 Å². The van der Waals surface area contributed by atoms with Crippen LogP contribution in [0.2, 0.25) is 0 Å². The number of ether oxygens (including phenoxy) is 2. The number of nitrogens with zero attached hydrogens (tertiary/aromatic N) is 1. The minimum Gasteiger partial charge on any atom is -0.486 e. The van der Waals surface area contributed by atoms with Crippen LogP contribution in [0, 0.1) is 13.8 Å². The minimum atomic E-state index is 0.577. The molecule has 0 bridgehead atoms. The summed E-state index contributed by atoms with van der Waals surface area (Å²) in [6.45, 7) is 5.24. The summed E-state index contributed by atoms with van der Waals surface area (Å²) in [5.41, 5.74) is 6.97. The van der Waals surface area contributed by atoms with Crippen molar-refractivity contribution < 1.29 is 14.3 Å². The predicted molar refractivity (Wildman–Crippen MR) is 111 cm³/mol. The van der Waals surface area contributed by atoms with E-state index in [0.29, 0.717) is 18.8 Å². The van der Waals surface area contributed by atoms with Gasteiger partial charge in [0, 0.05) is 11.8 Å².